The topological polar surface area (TPSA) is 74.6 Å². The number of benzene rings is 1. The summed E-state index contributed by atoms with van der Waals surface area (Å²) in [4.78, 5) is 23.3. The molecule has 0 amide bonds. The first-order valence-corrected chi connectivity index (χ1v) is 7.65. The fraction of sp³-hybridized carbons (Fsp3) is 0.250. The molecule has 0 aromatic heterocycles. The summed E-state index contributed by atoms with van der Waals surface area (Å²) >= 11 is 3.17. The first kappa shape index (κ1) is 16.4. The van der Waals surface area contributed by atoms with Gasteiger partial charge in [-0.05, 0) is 24.1 Å². The van der Waals surface area contributed by atoms with E-state index in [0.29, 0.717) is 5.57 Å². The number of hydrogen-bond acceptors (Lipinski definition) is 2. The average molecular weight is 369 g/mol. The lowest BCUT2D eigenvalue weighted by Gasteiger charge is -2.32. The Morgan fingerprint density at radius 3 is 2.59 bits per heavy atom. The zero-order valence-corrected chi connectivity index (χ0v) is 13.4. The van der Waals surface area contributed by atoms with Crippen LogP contribution in [0.25, 0.3) is 0 Å². The van der Waals surface area contributed by atoms with E-state index < -0.39 is 23.2 Å². The van der Waals surface area contributed by atoms with Crippen molar-refractivity contribution in [1.29, 1.82) is 0 Å². The van der Waals surface area contributed by atoms with Crippen molar-refractivity contribution in [3.63, 3.8) is 0 Å². The SMILES string of the molecule is CC1=C(C(=O)O)CC(C(=O)O)(c2cccc(F)c2CBr)C=C1. The standard InChI is InChI=1S/C16H14BrFO4/c1-9-5-6-16(15(21)22,7-10(9)14(19)20)12-3-2-4-13(18)11(12)8-17/h2-6H,7-8H2,1H3,(H,19,20)(H,21,22). The summed E-state index contributed by atoms with van der Waals surface area (Å²) < 4.78 is 14.0. The van der Waals surface area contributed by atoms with E-state index in [4.69, 9.17) is 0 Å². The number of carbonyl (C=O) groups is 2. The average Bonchev–Trinajstić information content (AvgIpc) is 2.47. The molecule has 22 heavy (non-hydrogen) atoms. The molecule has 4 nitrogen and oxygen atoms in total. The Morgan fingerprint density at radius 2 is 2.05 bits per heavy atom. The summed E-state index contributed by atoms with van der Waals surface area (Å²) in [7, 11) is 0. The van der Waals surface area contributed by atoms with Gasteiger partial charge in [0.05, 0.1) is 0 Å². The molecule has 0 spiro atoms. The molecule has 0 saturated heterocycles. The second-order valence-corrected chi connectivity index (χ2v) is 5.71. The van der Waals surface area contributed by atoms with Gasteiger partial charge in [0.1, 0.15) is 11.2 Å². The summed E-state index contributed by atoms with van der Waals surface area (Å²) in [5.74, 6) is -2.89. The summed E-state index contributed by atoms with van der Waals surface area (Å²) in [6, 6.07) is 4.21. The van der Waals surface area contributed by atoms with E-state index in [-0.39, 0.29) is 28.5 Å². The molecular formula is C16H14BrFO4. The predicted octanol–water partition coefficient (Wildman–Crippen LogP) is 3.40. The number of hydrogen-bond donors (Lipinski definition) is 2. The van der Waals surface area contributed by atoms with Gasteiger partial charge in [0, 0.05) is 22.9 Å². The fourth-order valence-corrected chi connectivity index (χ4v) is 3.22. The number of alkyl halides is 1. The molecule has 0 fully saturated rings. The van der Waals surface area contributed by atoms with E-state index in [9.17, 15) is 24.2 Å². The summed E-state index contributed by atoms with van der Waals surface area (Å²) in [5.41, 5.74) is -0.576. The van der Waals surface area contributed by atoms with Gasteiger partial charge in [-0.15, -0.1) is 0 Å². The highest BCUT2D eigenvalue weighted by Gasteiger charge is 2.43. The van der Waals surface area contributed by atoms with Crippen LogP contribution in [0.5, 0.6) is 0 Å². The number of halogens is 2. The zero-order valence-electron chi connectivity index (χ0n) is 11.8. The highest BCUT2D eigenvalue weighted by Crippen LogP contribution is 2.40. The molecule has 6 heteroatoms. The van der Waals surface area contributed by atoms with Crippen molar-refractivity contribution in [2.75, 3.05) is 0 Å². The number of aliphatic carboxylic acids is 2. The first-order chi connectivity index (χ1) is 10.3. The molecule has 1 aromatic carbocycles. The highest BCUT2D eigenvalue weighted by atomic mass is 79.9. The minimum absolute atomic E-state index is 0.0229. The Hall–Kier alpha value is -1.95. The van der Waals surface area contributed by atoms with E-state index in [2.05, 4.69) is 15.9 Å². The highest BCUT2D eigenvalue weighted by molar-refractivity contribution is 9.08. The lowest BCUT2D eigenvalue weighted by Crippen LogP contribution is -2.38. The lowest BCUT2D eigenvalue weighted by atomic mass is 9.70. The Labute approximate surface area is 135 Å². The fourth-order valence-electron chi connectivity index (χ4n) is 2.65. The predicted molar refractivity (Wildman–Crippen MR) is 82.4 cm³/mol. The van der Waals surface area contributed by atoms with Crippen molar-refractivity contribution in [2.45, 2.75) is 24.1 Å². The van der Waals surface area contributed by atoms with Gasteiger partial charge in [0.25, 0.3) is 0 Å². The molecule has 0 bridgehead atoms. The summed E-state index contributed by atoms with van der Waals surface area (Å²) in [6.45, 7) is 1.61. The third-order valence-corrected chi connectivity index (χ3v) is 4.48. The zero-order chi connectivity index (χ0) is 16.5. The van der Waals surface area contributed by atoms with E-state index in [0.717, 1.165) is 0 Å². The molecule has 0 aliphatic heterocycles. The van der Waals surface area contributed by atoms with Gasteiger partial charge >= 0.3 is 11.9 Å². The van der Waals surface area contributed by atoms with Gasteiger partial charge in [-0.1, -0.05) is 40.2 Å². The Balaban J connectivity index is 2.68. The van der Waals surface area contributed by atoms with Crippen LogP contribution in [0, 0.1) is 5.82 Å². The molecule has 1 aromatic rings. The molecule has 116 valence electrons. The molecule has 1 aliphatic carbocycles. The smallest absolute Gasteiger partial charge is 0.331 e. The van der Waals surface area contributed by atoms with Gasteiger partial charge in [0.15, 0.2) is 0 Å². The van der Waals surface area contributed by atoms with E-state index >= 15 is 0 Å². The summed E-state index contributed by atoms with van der Waals surface area (Å²) in [5, 5.41) is 19.2. The van der Waals surface area contributed by atoms with E-state index in [1.54, 1.807) is 6.92 Å². The molecular weight excluding hydrogens is 355 g/mol. The minimum atomic E-state index is -1.58. The number of allylic oxidation sites excluding steroid dienone is 2. The number of carboxylic acids is 2. The van der Waals surface area contributed by atoms with Crippen LogP contribution in [0.4, 0.5) is 4.39 Å². The molecule has 0 radical (unpaired) electrons. The van der Waals surface area contributed by atoms with Gasteiger partial charge in [-0.3, -0.25) is 4.79 Å². The second-order valence-electron chi connectivity index (χ2n) is 5.15. The third kappa shape index (κ3) is 2.59. The van der Waals surface area contributed by atoms with Crippen LogP contribution in [0.2, 0.25) is 0 Å². The Bertz CT molecular complexity index is 708. The normalized spacial score (nSPS) is 21.0. The van der Waals surface area contributed by atoms with Gasteiger partial charge < -0.3 is 10.2 Å². The van der Waals surface area contributed by atoms with Crippen molar-refractivity contribution in [1.82, 2.24) is 0 Å². The van der Waals surface area contributed by atoms with E-state index in [1.807, 2.05) is 0 Å². The molecule has 1 aliphatic rings. The minimum Gasteiger partial charge on any atom is -0.480 e. The number of rotatable bonds is 4. The summed E-state index contributed by atoms with van der Waals surface area (Å²) in [6.07, 6.45) is 2.70. The lowest BCUT2D eigenvalue weighted by molar-refractivity contribution is -0.142. The van der Waals surface area contributed by atoms with Crippen LogP contribution in [-0.4, -0.2) is 22.2 Å². The molecule has 2 N–H and O–H groups in total. The van der Waals surface area contributed by atoms with Crippen molar-refractivity contribution in [3.05, 3.63) is 58.4 Å². The van der Waals surface area contributed by atoms with Crippen LogP contribution in [-0.2, 0) is 20.3 Å². The van der Waals surface area contributed by atoms with Gasteiger partial charge in [0.2, 0.25) is 0 Å². The van der Waals surface area contributed by atoms with Crippen molar-refractivity contribution in [2.24, 2.45) is 0 Å². The maximum absolute atomic E-state index is 14.0. The van der Waals surface area contributed by atoms with Gasteiger partial charge in [-0.2, -0.15) is 0 Å². The monoisotopic (exact) mass is 368 g/mol. The molecule has 0 saturated carbocycles. The molecule has 1 unspecified atom stereocenters. The third-order valence-electron chi connectivity index (χ3n) is 3.92. The molecule has 2 rings (SSSR count). The Morgan fingerprint density at radius 1 is 1.36 bits per heavy atom. The largest absolute Gasteiger partial charge is 0.480 e. The van der Waals surface area contributed by atoms with Crippen molar-refractivity contribution < 1.29 is 24.2 Å². The van der Waals surface area contributed by atoms with Crippen LogP contribution in [0.3, 0.4) is 0 Å². The Kier molecular flexibility index (Phi) is 4.51. The van der Waals surface area contributed by atoms with Crippen LogP contribution >= 0.6 is 15.9 Å². The molecule has 0 heterocycles. The van der Waals surface area contributed by atoms with Crippen molar-refractivity contribution in [3.8, 4) is 0 Å². The van der Waals surface area contributed by atoms with Crippen LogP contribution in [0.1, 0.15) is 24.5 Å². The second kappa shape index (κ2) is 6.04. The van der Waals surface area contributed by atoms with Crippen LogP contribution < -0.4 is 0 Å². The van der Waals surface area contributed by atoms with E-state index in [1.165, 1.54) is 30.4 Å². The maximum Gasteiger partial charge on any atom is 0.331 e. The maximum atomic E-state index is 14.0. The van der Waals surface area contributed by atoms with Crippen LogP contribution in [0.15, 0.2) is 41.5 Å². The van der Waals surface area contributed by atoms with Gasteiger partial charge in [-0.25, -0.2) is 9.18 Å². The quantitative estimate of drug-likeness (QED) is 0.798. The number of carboxylic acid groups (broad SMARTS) is 2. The van der Waals surface area contributed by atoms with Crippen molar-refractivity contribution >= 4 is 27.9 Å². The molecule has 1 atom stereocenters. The first-order valence-electron chi connectivity index (χ1n) is 6.53.